The molecular weight excluding hydrogens is 312 g/mol. The van der Waals surface area contributed by atoms with Gasteiger partial charge in [0.25, 0.3) is 0 Å². The molecule has 6 nitrogen and oxygen atoms in total. The van der Waals surface area contributed by atoms with Crippen LogP contribution in [0, 0.1) is 0 Å². The van der Waals surface area contributed by atoms with Crippen molar-refractivity contribution in [1.82, 2.24) is 0 Å². The van der Waals surface area contributed by atoms with Crippen LogP contribution in [0.1, 0.15) is 64.7 Å². The average Bonchev–Trinajstić information content (AvgIpc) is 2.92. The maximum atomic E-state index is 10.4. The quantitative estimate of drug-likeness (QED) is 0.319. The summed E-state index contributed by atoms with van der Waals surface area (Å²) in [6.45, 7) is 1.93. The Morgan fingerprint density at radius 1 is 1.17 bits per heavy atom. The Morgan fingerprint density at radius 2 is 1.83 bits per heavy atom. The Bertz CT molecular complexity index is 384. The summed E-state index contributed by atoms with van der Waals surface area (Å²) in [6, 6.07) is 0. The minimum atomic E-state index is -0.818. The molecule has 1 saturated heterocycles. The average molecular weight is 344 g/mol. The van der Waals surface area contributed by atoms with Crippen LogP contribution in [-0.2, 0) is 9.53 Å². The van der Waals surface area contributed by atoms with E-state index in [1.807, 2.05) is 6.92 Å². The summed E-state index contributed by atoms with van der Waals surface area (Å²) in [4.78, 5) is 10.4. The lowest BCUT2D eigenvalue weighted by Gasteiger charge is -2.16. The summed E-state index contributed by atoms with van der Waals surface area (Å²) in [5.41, 5.74) is 0. The smallest absolute Gasteiger partial charge is 0.303 e. The molecule has 24 heavy (non-hydrogen) atoms. The zero-order valence-electron chi connectivity index (χ0n) is 14.5. The maximum absolute atomic E-state index is 10.4. The van der Waals surface area contributed by atoms with Gasteiger partial charge in [-0.15, -0.1) is 0 Å². The number of carbonyl (C=O) groups is 1. The van der Waals surface area contributed by atoms with Crippen molar-refractivity contribution in [3.05, 3.63) is 12.2 Å². The fourth-order valence-electron chi connectivity index (χ4n) is 2.97. The fourth-order valence-corrected chi connectivity index (χ4v) is 2.97. The number of rotatable bonds is 12. The summed E-state index contributed by atoms with van der Waals surface area (Å²) in [7, 11) is 0. The van der Waals surface area contributed by atoms with Gasteiger partial charge in [-0.05, 0) is 19.3 Å². The Balaban J connectivity index is 2.12. The number of unbranched alkanes of at least 4 members (excludes halogenated alkanes) is 4. The zero-order valence-corrected chi connectivity index (χ0v) is 14.5. The Labute approximate surface area is 144 Å². The maximum Gasteiger partial charge on any atom is 0.303 e. The minimum Gasteiger partial charge on any atom is -0.481 e. The van der Waals surface area contributed by atoms with E-state index in [1.54, 1.807) is 12.2 Å². The van der Waals surface area contributed by atoms with Crippen molar-refractivity contribution in [3.8, 4) is 0 Å². The van der Waals surface area contributed by atoms with Gasteiger partial charge < -0.3 is 25.2 Å². The van der Waals surface area contributed by atoms with E-state index in [9.17, 15) is 20.1 Å². The predicted octanol–water partition coefficient (Wildman–Crippen LogP) is 2.01. The van der Waals surface area contributed by atoms with E-state index in [2.05, 4.69) is 0 Å². The van der Waals surface area contributed by atoms with E-state index in [4.69, 9.17) is 9.84 Å². The van der Waals surface area contributed by atoms with Crippen molar-refractivity contribution < 1.29 is 30.0 Å². The molecule has 1 fully saturated rings. The normalized spacial score (nSPS) is 26.8. The van der Waals surface area contributed by atoms with Crippen LogP contribution in [0.5, 0.6) is 0 Å². The Kier molecular flexibility index (Phi) is 10.2. The molecule has 0 unspecified atom stereocenters. The summed E-state index contributed by atoms with van der Waals surface area (Å²) in [5, 5.41) is 38.3. The largest absolute Gasteiger partial charge is 0.481 e. The van der Waals surface area contributed by atoms with Crippen LogP contribution in [0.15, 0.2) is 12.2 Å². The second-order valence-corrected chi connectivity index (χ2v) is 6.57. The van der Waals surface area contributed by atoms with Crippen molar-refractivity contribution in [2.45, 2.75) is 95.2 Å². The number of hydrogen-bond acceptors (Lipinski definition) is 5. The third kappa shape index (κ3) is 8.24. The summed E-state index contributed by atoms with van der Waals surface area (Å²) < 4.78 is 5.60. The number of carboxylic acid groups (broad SMARTS) is 1. The molecule has 0 bridgehead atoms. The van der Waals surface area contributed by atoms with E-state index < -0.39 is 30.4 Å². The molecule has 1 aliphatic rings. The van der Waals surface area contributed by atoms with Gasteiger partial charge in [0, 0.05) is 12.8 Å². The topological polar surface area (TPSA) is 107 Å². The molecule has 140 valence electrons. The van der Waals surface area contributed by atoms with E-state index >= 15 is 0 Å². The third-order valence-corrected chi connectivity index (χ3v) is 4.46. The highest BCUT2D eigenvalue weighted by molar-refractivity contribution is 5.66. The second kappa shape index (κ2) is 11.6. The molecule has 4 N–H and O–H groups in total. The first-order chi connectivity index (χ1) is 11.4. The predicted molar refractivity (Wildman–Crippen MR) is 90.7 cm³/mol. The van der Waals surface area contributed by atoms with Gasteiger partial charge in [-0.3, -0.25) is 4.79 Å². The van der Waals surface area contributed by atoms with E-state index in [-0.39, 0.29) is 12.5 Å². The first kappa shape index (κ1) is 21.1. The summed E-state index contributed by atoms with van der Waals surface area (Å²) in [6.07, 6.45) is 6.92. The lowest BCUT2D eigenvalue weighted by Crippen LogP contribution is -2.24. The highest BCUT2D eigenvalue weighted by Crippen LogP contribution is 2.25. The number of hydrogen-bond donors (Lipinski definition) is 4. The minimum absolute atomic E-state index is 0.218. The number of carboxylic acids is 1. The molecule has 1 aliphatic heterocycles. The first-order valence-electron chi connectivity index (χ1n) is 9.03. The van der Waals surface area contributed by atoms with Gasteiger partial charge in [0.2, 0.25) is 0 Å². The molecule has 0 aliphatic carbocycles. The number of ether oxygens (including phenoxy) is 1. The van der Waals surface area contributed by atoms with Crippen LogP contribution in [0.4, 0.5) is 0 Å². The van der Waals surface area contributed by atoms with E-state index in [0.717, 1.165) is 25.7 Å². The van der Waals surface area contributed by atoms with Crippen LogP contribution >= 0.6 is 0 Å². The van der Waals surface area contributed by atoms with E-state index in [0.29, 0.717) is 25.7 Å². The lowest BCUT2D eigenvalue weighted by atomic mass is 10.0. The van der Waals surface area contributed by atoms with Crippen LogP contribution in [0.2, 0.25) is 0 Å². The lowest BCUT2D eigenvalue weighted by molar-refractivity contribution is -0.137. The molecule has 1 rings (SSSR count). The molecule has 1 heterocycles. The summed E-state index contributed by atoms with van der Waals surface area (Å²) >= 11 is 0. The molecule has 0 amide bonds. The van der Waals surface area contributed by atoms with Crippen LogP contribution in [0.3, 0.4) is 0 Å². The Morgan fingerprint density at radius 3 is 2.46 bits per heavy atom. The monoisotopic (exact) mass is 344 g/mol. The van der Waals surface area contributed by atoms with Crippen LogP contribution < -0.4 is 0 Å². The standard InChI is InChI=1S/C18H32O6/c1-2-16-15(21)12-17(24-16)14(20)11-10-13(19)8-6-4-3-5-7-9-18(22)23/h10-11,13-17,19-21H,2-9,12H2,1H3,(H,22,23)/b11-10+/t13-,14-,15+,16+,17-/m1/s1. The van der Waals surface area contributed by atoms with Crippen molar-refractivity contribution >= 4 is 5.97 Å². The van der Waals surface area contributed by atoms with Crippen LogP contribution in [-0.4, -0.2) is 56.9 Å². The van der Waals surface area contributed by atoms with Crippen molar-refractivity contribution in [2.75, 3.05) is 0 Å². The van der Waals surface area contributed by atoms with Gasteiger partial charge in [-0.1, -0.05) is 44.8 Å². The number of aliphatic carboxylic acids is 1. The molecule has 6 heteroatoms. The van der Waals surface area contributed by atoms with Crippen molar-refractivity contribution in [1.29, 1.82) is 0 Å². The molecular formula is C18H32O6. The third-order valence-electron chi connectivity index (χ3n) is 4.46. The van der Waals surface area contributed by atoms with Gasteiger partial charge in [-0.25, -0.2) is 0 Å². The second-order valence-electron chi connectivity index (χ2n) is 6.57. The molecule has 0 spiro atoms. The molecule has 0 aromatic heterocycles. The fraction of sp³-hybridized carbons (Fsp3) is 0.833. The SMILES string of the molecule is CC[C@@H]1O[C@@H]([C@H](O)/C=C/[C@H](O)CCCCCCCC(=O)O)C[C@@H]1O. The Hall–Kier alpha value is -0.950. The van der Waals surface area contributed by atoms with E-state index in [1.165, 1.54) is 0 Å². The molecule has 0 saturated carbocycles. The van der Waals surface area contributed by atoms with Gasteiger partial charge in [0.1, 0.15) is 0 Å². The van der Waals surface area contributed by atoms with Crippen molar-refractivity contribution in [2.24, 2.45) is 0 Å². The van der Waals surface area contributed by atoms with Crippen molar-refractivity contribution in [3.63, 3.8) is 0 Å². The zero-order chi connectivity index (χ0) is 17.9. The van der Waals surface area contributed by atoms with Crippen LogP contribution in [0.25, 0.3) is 0 Å². The number of aliphatic hydroxyl groups is 3. The van der Waals surface area contributed by atoms with Gasteiger partial charge >= 0.3 is 5.97 Å². The van der Waals surface area contributed by atoms with Gasteiger partial charge in [0.15, 0.2) is 0 Å². The highest BCUT2D eigenvalue weighted by Gasteiger charge is 2.35. The molecule has 5 atom stereocenters. The summed E-state index contributed by atoms with van der Waals surface area (Å²) in [5.74, 6) is -0.752. The highest BCUT2D eigenvalue weighted by atomic mass is 16.5. The number of aliphatic hydroxyl groups excluding tert-OH is 3. The molecule has 0 aromatic carbocycles. The molecule has 0 radical (unpaired) electrons. The van der Waals surface area contributed by atoms with Gasteiger partial charge in [0.05, 0.1) is 30.5 Å². The first-order valence-corrected chi connectivity index (χ1v) is 9.03. The molecule has 0 aromatic rings. The van der Waals surface area contributed by atoms with Gasteiger partial charge in [-0.2, -0.15) is 0 Å².